The number of halogens is 3. The van der Waals surface area contributed by atoms with Gasteiger partial charge in [0, 0.05) is 12.4 Å². The molecule has 2 rings (SSSR count). The predicted octanol–water partition coefficient (Wildman–Crippen LogP) is 2.58. The molecule has 0 saturated heterocycles. The van der Waals surface area contributed by atoms with E-state index in [9.17, 15) is 13.2 Å². The fourth-order valence-electron chi connectivity index (χ4n) is 1.28. The standard InChI is InChI=1S/C10H9F3N4/c11-10(12,13)7-17-6-8(5-15-17)16-9-3-1-2-4-14-9/h1-6H,7H2,(H,14,16). The second-order valence-electron chi connectivity index (χ2n) is 3.38. The molecule has 0 amide bonds. The number of hydrogen-bond acceptors (Lipinski definition) is 3. The van der Waals surface area contributed by atoms with Crippen molar-refractivity contribution in [3.05, 3.63) is 36.8 Å². The van der Waals surface area contributed by atoms with Gasteiger partial charge in [-0.15, -0.1) is 0 Å². The molecular formula is C10H9F3N4. The molecule has 0 aliphatic rings. The quantitative estimate of drug-likeness (QED) is 0.899. The highest BCUT2D eigenvalue weighted by atomic mass is 19.4. The zero-order chi connectivity index (χ0) is 12.3. The van der Waals surface area contributed by atoms with Crippen molar-refractivity contribution in [3.8, 4) is 0 Å². The Balaban J connectivity index is 2.04. The average molecular weight is 242 g/mol. The second-order valence-corrected chi connectivity index (χ2v) is 3.38. The number of nitrogens with one attached hydrogen (secondary N) is 1. The number of rotatable bonds is 3. The highest BCUT2D eigenvalue weighted by molar-refractivity contribution is 5.53. The summed E-state index contributed by atoms with van der Waals surface area (Å²) in [5.74, 6) is 0.555. The number of pyridine rings is 1. The lowest BCUT2D eigenvalue weighted by Gasteiger charge is -2.05. The predicted molar refractivity (Wildman–Crippen MR) is 55.8 cm³/mol. The van der Waals surface area contributed by atoms with Crippen LogP contribution in [-0.2, 0) is 6.54 Å². The van der Waals surface area contributed by atoms with Crippen molar-refractivity contribution in [1.82, 2.24) is 14.8 Å². The monoisotopic (exact) mass is 242 g/mol. The molecule has 2 aromatic heterocycles. The topological polar surface area (TPSA) is 42.7 Å². The van der Waals surface area contributed by atoms with Gasteiger partial charge >= 0.3 is 6.18 Å². The Kier molecular flexibility index (Phi) is 2.99. The Morgan fingerprint density at radius 2 is 2.12 bits per heavy atom. The van der Waals surface area contributed by atoms with Crippen molar-refractivity contribution < 1.29 is 13.2 Å². The summed E-state index contributed by atoms with van der Waals surface area (Å²) < 4.78 is 37.1. The van der Waals surface area contributed by atoms with Gasteiger partial charge in [0.05, 0.1) is 11.9 Å². The Morgan fingerprint density at radius 3 is 2.76 bits per heavy atom. The minimum absolute atomic E-state index is 0.466. The summed E-state index contributed by atoms with van der Waals surface area (Å²) >= 11 is 0. The molecule has 4 nitrogen and oxygen atoms in total. The summed E-state index contributed by atoms with van der Waals surface area (Å²) in [4.78, 5) is 3.99. The van der Waals surface area contributed by atoms with Crippen molar-refractivity contribution in [1.29, 1.82) is 0 Å². The molecule has 0 atom stereocenters. The molecule has 2 heterocycles. The van der Waals surface area contributed by atoms with Crippen LogP contribution >= 0.6 is 0 Å². The van der Waals surface area contributed by atoms with E-state index in [4.69, 9.17) is 0 Å². The fourth-order valence-corrected chi connectivity index (χ4v) is 1.28. The molecule has 0 bridgehead atoms. The van der Waals surface area contributed by atoms with Crippen molar-refractivity contribution >= 4 is 11.5 Å². The first-order valence-corrected chi connectivity index (χ1v) is 4.80. The molecule has 7 heteroatoms. The van der Waals surface area contributed by atoms with Gasteiger partial charge in [0.1, 0.15) is 12.4 Å². The summed E-state index contributed by atoms with van der Waals surface area (Å²) in [6.45, 7) is -1.10. The van der Waals surface area contributed by atoms with Crippen LogP contribution in [0.1, 0.15) is 0 Å². The molecule has 17 heavy (non-hydrogen) atoms. The van der Waals surface area contributed by atoms with Crippen LogP contribution in [0.15, 0.2) is 36.8 Å². The lowest BCUT2D eigenvalue weighted by atomic mass is 10.4. The number of anilines is 2. The lowest BCUT2D eigenvalue weighted by Crippen LogP contribution is -2.17. The molecule has 0 unspecified atom stereocenters. The minimum atomic E-state index is -4.27. The maximum absolute atomic E-state index is 12.1. The summed E-state index contributed by atoms with van der Waals surface area (Å²) in [6, 6.07) is 5.23. The van der Waals surface area contributed by atoms with E-state index in [-0.39, 0.29) is 0 Å². The molecule has 0 spiro atoms. The van der Waals surface area contributed by atoms with Crippen molar-refractivity contribution in [2.75, 3.05) is 5.32 Å². The van der Waals surface area contributed by atoms with E-state index in [1.165, 1.54) is 12.4 Å². The van der Waals surface area contributed by atoms with E-state index in [1.54, 1.807) is 24.4 Å². The van der Waals surface area contributed by atoms with Crippen LogP contribution in [0.2, 0.25) is 0 Å². The van der Waals surface area contributed by atoms with Gasteiger partial charge in [0.15, 0.2) is 0 Å². The van der Waals surface area contributed by atoms with Gasteiger partial charge < -0.3 is 5.32 Å². The van der Waals surface area contributed by atoms with E-state index < -0.39 is 12.7 Å². The number of nitrogens with zero attached hydrogens (tertiary/aromatic N) is 3. The summed E-state index contributed by atoms with van der Waals surface area (Å²) in [5.41, 5.74) is 0.466. The first kappa shape index (κ1) is 11.4. The summed E-state index contributed by atoms with van der Waals surface area (Å²) in [5, 5.41) is 6.45. The third kappa shape index (κ3) is 3.47. The summed E-state index contributed by atoms with van der Waals surface area (Å²) in [6.07, 6.45) is -0.0840. The molecule has 0 saturated carbocycles. The zero-order valence-electron chi connectivity index (χ0n) is 8.65. The molecule has 0 radical (unpaired) electrons. The number of alkyl halides is 3. The Labute approximate surface area is 95.1 Å². The third-order valence-electron chi connectivity index (χ3n) is 1.91. The Hall–Kier alpha value is -2.05. The van der Waals surface area contributed by atoms with Crippen LogP contribution in [0.25, 0.3) is 0 Å². The number of hydrogen-bond donors (Lipinski definition) is 1. The van der Waals surface area contributed by atoms with Gasteiger partial charge in [0.25, 0.3) is 0 Å². The van der Waals surface area contributed by atoms with Gasteiger partial charge in [-0.25, -0.2) is 4.98 Å². The SMILES string of the molecule is FC(F)(F)Cn1cc(Nc2ccccn2)cn1. The van der Waals surface area contributed by atoms with Crippen LogP contribution < -0.4 is 5.32 Å². The van der Waals surface area contributed by atoms with Crippen LogP contribution in [0, 0.1) is 0 Å². The van der Waals surface area contributed by atoms with E-state index in [1.807, 2.05) is 0 Å². The Morgan fingerprint density at radius 1 is 1.29 bits per heavy atom. The first-order chi connectivity index (χ1) is 8.03. The van der Waals surface area contributed by atoms with Crippen molar-refractivity contribution in [2.45, 2.75) is 12.7 Å². The average Bonchev–Trinajstić information content (AvgIpc) is 2.64. The maximum atomic E-state index is 12.1. The van der Waals surface area contributed by atoms with E-state index in [0.29, 0.717) is 11.5 Å². The molecule has 1 N–H and O–H groups in total. The number of aromatic nitrogens is 3. The molecule has 90 valence electrons. The van der Waals surface area contributed by atoms with E-state index >= 15 is 0 Å². The maximum Gasteiger partial charge on any atom is 0.408 e. The zero-order valence-corrected chi connectivity index (χ0v) is 8.65. The van der Waals surface area contributed by atoms with Crippen LogP contribution in [0.3, 0.4) is 0 Å². The third-order valence-corrected chi connectivity index (χ3v) is 1.91. The Bertz CT molecular complexity index is 478. The highest BCUT2D eigenvalue weighted by Crippen LogP contribution is 2.19. The van der Waals surface area contributed by atoms with Gasteiger partial charge in [-0.3, -0.25) is 4.68 Å². The van der Waals surface area contributed by atoms with Gasteiger partial charge in [-0.1, -0.05) is 6.07 Å². The normalized spacial score (nSPS) is 11.5. The van der Waals surface area contributed by atoms with Crippen molar-refractivity contribution in [2.24, 2.45) is 0 Å². The molecule has 0 aromatic carbocycles. The van der Waals surface area contributed by atoms with E-state index in [0.717, 1.165) is 4.68 Å². The largest absolute Gasteiger partial charge is 0.408 e. The van der Waals surface area contributed by atoms with Gasteiger partial charge in [-0.2, -0.15) is 18.3 Å². The van der Waals surface area contributed by atoms with Crippen LogP contribution in [0.4, 0.5) is 24.7 Å². The molecule has 2 aromatic rings. The fraction of sp³-hybridized carbons (Fsp3) is 0.200. The molecule has 0 aliphatic heterocycles. The van der Waals surface area contributed by atoms with Gasteiger partial charge in [-0.05, 0) is 12.1 Å². The van der Waals surface area contributed by atoms with Crippen molar-refractivity contribution in [3.63, 3.8) is 0 Å². The second kappa shape index (κ2) is 4.44. The first-order valence-electron chi connectivity index (χ1n) is 4.80. The van der Waals surface area contributed by atoms with Gasteiger partial charge in [0.2, 0.25) is 0 Å². The van der Waals surface area contributed by atoms with Crippen LogP contribution in [0.5, 0.6) is 0 Å². The smallest absolute Gasteiger partial charge is 0.338 e. The summed E-state index contributed by atoms with van der Waals surface area (Å²) in [7, 11) is 0. The highest BCUT2D eigenvalue weighted by Gasteiger charge is 2.28. The van der Waals surface area contributed by atoms with Crippen LogP contribution in [-0.4, -0.2) is 20.9 Å². The molecule has 0 aliphatic carbocycles. The minimum Gasteiger partial charge on any atom is -0.338 e. The molecular weight excluding hydrogens is 233 g/mol. The molecule has 0 fully saturated rings. The lowest BCUT2D eigenvalue weighted by molar-refractivity contribution is -0.142. The van der Waals surface area contributed by atoms with E-state index in [2.05, 4.69) is 15.4 Å².